The van der Waals surface area contributed by atoms with Gasteiger partial charge in [0.1, 0.15) is 5.76 Å². The maximum absolute atomic E-state index is 11.0. The number of cyclic esters (lactones) is 1. The monoisotopic (exact) mass is 194 g/mol. The molecule has 0 bridgehead atoms. The van der Waals surface area contributed by atoms with E-state index < -0.39 is 0 Å². The fraction of sp³-hybridized carbons (Fsp3) is 0.100. The van der Waals surface area contributed by atoms with Gasteiger partial charge >= 0.3 is 5.97 Å². The second-order valence-corrected chi connectivity index (χ2v) is 3.24. The van der Waals surface area contributed by atoms with Crippen molar-refractivity contribution in [2.45, 2.75) is 0 Å². The van der Waals surface area contributed by atoms with Crippen LogP contribution in [-0.2, 0) is 9.53 Å². The van der Waals surface area contributed by atoms with Crippen molar-refractivity contribution < 1.29 is 9.53 Å². The smallest absolute Gasteiger partial charge is 0.343 e. The van der Waals surface area contributed by atoms with E-state index in [1.165, 1.54) is 11.8 Å². The molecular formula is C10H10O2S. The van der Waals surface area contributed by atoms with E-state index >= 15 is 0 Å². The molecule has 1 heterocycles. The summed E-state index contributed by atoms with van der Waals surface area (Å²) in [5, 5.41) is 0. The van der Waals surface area contributed by atoms with Crippen LogP contribution >= 0.6 is 11.8 Å². The van der Waals surface area contributed by atoms with Gasteiger partial charge in [-0.25, -0.2) is 4.79 Å². The van der Waals surface area contributed by atoms with Gasteiger partial charge in [-0.05, 0) is 18.4 Å². The van der Waals surface area contributed by atoms with Crippen molar-refractivity contribution >= 4 is 17.7 Å². The normalized spacial score (nSPS) is 17.0. The van der Waals surface area contributed by atoms with E-state index in [4.69, 9.17) is 4.74 Å². The minimum Gasteiger partial charge on any atom is -0.422 e. The Bertz CT molecular complexity index is 324. The van der Waals surface area contributed by atoms with Crippen molar-refractivity contribution in [3.63, 3.8) is 0 Å². The van der Waals surface area contributed by atoms with Crippen molar-refractivity contribution in [3.8, 4) is 0 Å². The Hall–Kier alpha value is -1.22. The van der Waals surface area contributed by atoms with Crippen LogP contribution in [0.2, 0.25) is 0 Å². The summed E-state index contributed by atoms with van der Waals surface area (Å²) in [6.45, 7) is 7.13. The van der Waals surface area contributed by atoms with E-state index in [1.807, 2.05) is 6.26 Å². The first-order valence-corrected chi connectivity index (χ1v) is 4.91. The van der Waals surface area contributed by atoms with Gasteiger partial charge in [0.2, 0.25) is 0 Å². The summed E-state index contributed by atoms with van der Waals surface area (Å²) in [4.78, 5) is 11.8. The molecule has 0 saturated heterocycles. The zero-order valence-corrected chi connectivity index (χ0v) is 8.19. The summed E-state index contributed by atoms with van der Waals surface area (Å²) in [5.41, 5.74) is 0.388. The highest BCUT2D eigenvalue weighted by atomic mass is 32.2. The average molecular weight is 194 g/mol. The standard InChI is InChI=1S/C10H10O2S/c1-4-5-9(13-3)8-6-7(2)10(11)12-8/h4-6H,1-2H2,3H3/b9-5-. The topological polar surface area (TPSA) is 26.3 Å². The SMILES string of the molecule is C=C/C=C(\SC)C1=CC(=C)C(=O)O1. The van der Waals surface area contributed by atoms with Crippen LogP contribution in [0.4, 0.5) is 0 Å². The molecular weight excluding hydrogens is 184 g/mol. The summed E-state index contributed by atoms with van der Waals surface area (Å²) in [7, 11) is 0. The molecule has 0 spiro atoms. The lowest BCUT2D eigenvalue weighted by molar-refractivity contribution is -0.132. The quantitative estimate of drug-likeness (QED) is 0.392. The second kappa shape index (κ2) is 4.14. The Labute approximate surface area is 81.7 Å². The molecule has 1 aliphatic rings. The Morgan fingerprint density at radius 2 is 2.38 bits per heavy atom. The number of thioether (sulfide) groups is 1. The summed E-state index contributed by atoms with van der Waals surface area (Å²) in [6, 6.07) is 0. The number of carbonyl (C=O) groups is 1. The van der Waals surface area contributed by atoms with Gasteiger partial charge in [0.25, 0.3) is 0 Å². The molecule has 0 fully saturated rings. The van der Waals surface area contributed by atoms with Gasteiger partial charge < -0.3 is 4.74 Å². The molecule has 0 radical (unpaired) electrons. The van der Waals surface area contributed by atoms with Crippen LogP contribution in [0, 0.1) is 0 Å². The molecule has 0 unspecified atom stereocenters. The third-order valence-electron chi connectivity index (χ3n) is 1.50. The lowest BCUT2D eigenvalue weighted by Crippen LogP contribution is -1.96. The van der Waals surface area contributed by atoms with Crippen LogP contribution in [-0.4, -0.2) is 12.2 Å². The largest absolute Gasteiger partial charge is 0.422 e. The summed E-state index contributed by atoms with van der Waals surface area (Å²) in [5.74, 6) is 0.182. The zero-order chi connectivity index (χ0) is 9.84. The molecule has 2 nitrogen and oxygen atoms in total. The molecule has 0 saturated carbocycles. The Kier molecular flexibility index (Phi) is 3.14. The summed E-state index contributed by atoms with van der Waals surface area (Å²) >= 11 is 1.50. The van der Waals surface area contributed by atoms with Crippen LogP contribution < -0.4 is 0 Å². The van der Waals surface area contributed by atoms with Crippen LogP contribution in [0.5, 0.6) is 0 Å². The first-order chi connectivity index (χ1) is 6.19. The van der Waals surface area contributed by atoms with E-state index in [0.29, 0.717) is 11.3 Å². The number of carbonyl (C=O) groups excluding carboxylic acids is 1. The number of allylic oxidation sites excluding steroid dienone is 2. The predicted molar refractivity (Wildman–Crippen MR) is 55.1 cm³/mol. The molecule has 13 heavy (non-hydrogen) atoms. The van der Waals surface area contributed by atoms with Gasteiger partial charge in [-0.15, -0.1) is 11.8 Å². The number of rotatable bonds is 3. The molecule has 0 atom stereocenters. The predicted octanol–water partition coefficient (Wildman–Crippen LogP) is 2.42. The zero-order valence-electron chi connectivity index (χ0n) is 7.37. The molecule has 0 aromatic carbocycles. The molecule has 0 aliphatic carbocycles. The van der Waals surface area contributed by atoms with Crippen LogP contribution in [0.1, 0.15) is 0 Å². The molecule has 0 aromatic heterocycles. The van der Waals surface area contributed by atoms with E-state index in [-0.39, 0.29) is 5.97 Å². The Balaban J connectivity index is 2.90. The first-order valence-electron chi connectivity index (χ1n) is 3.69. The number of hydrogen-bond acceptors (Lipinski definition) is 3. The van der Waals surface area contributed by atoms with Gasteiger partial charge in [0.15, 0.2) is 0 Å². The van der Waals surface area contributed by atoms with Crippen molar-refractivity contribution in [1.29, 1.82) is 0 Å². The molecule has 3 heteroatoms. The minimum absolute atomic E-state index is 0.376. The molecule has 0 amide bonds. The van der Waals surface area contributed by atoms with Crippen LogP contribution in [0.3, 0.4) is 0 Å². The summed E-state index contributed by atoms with van der Waals surface area (Å²) in [6.07, 6.45) is 6.99. The van der Waals surface area contributed by atoms with Crippen LogP contribution in [0.15, 0.2) is 47.6 Å². The average Bonchev–Trinajstić information content (AvgIpc) is 2.43. The van der Waals surface area contributed by atoms with E-state index in [2.05, 4.69) is 13.2 Å². The van der Waals surface area contributed by atoms with Gasteiger partial charge in [-0.1, -0.05) is 19.2 Å². The lowest BCUT2D eigenvalue weighted by atomic mass is 10.3. The van der Waals surface area contributed by atoms with E-state index in [0.717, 1.165) is 4.91 Å². The van der Waals surface area contributed by atoms with E-state index in [1.54, 1.807) is 18.2 Å². The third-order valence-corrected chi connectivity index (χ3v) is 2.28. The molecule has 0 N–H and O–H groups in total. The van der Waals surface area contributed by atoms with Crippen molar-refractivity contribution in [2.75, 3.05) is 6.26 Å². The van der Waals surface area contributed by atoms with Crippen molar-refractivity contribution in [2.24, 2.45) is 0 Å². The van der Waals surface area contributed by atoms with Gasteiger partial charge in [-0.2, -0.15) is 0 Å². The summed E-state index contributed by atoms with van der Waals surface area (Å²) < 4.78 is 4.96. The number of ether oxygens (including phenoxy) is 1. The number of hydrogen-bond donors (Lipinski definition) is 0. The fourth-order valence-electron chi connectivity index (χ4n) is 0.891. The number of esters is 1. The first kappa shape index (κ1) is 9.86. The van der Waals surface area contributed by atoms with Gasteiger partial charge in [0, 0.05) is 4.91 Å². The maximum Gasteiger partial charge on any atom is 0.343 e. The molecule has 68 valence electrons. The Morgan fingerprint density at radius 3 is 2.77 bits per heavy atom. The molecule has 1 aliphatic heterocycles. The maximum atomic E-state index is 11.0. The highest BCUT2D eigenvalue weighted by Crippen LogP contribution is 2.28. The third kappa shape index (κ3) is 2.12. The fourth-order valence-corrected chi connectivity index (χ4v) is 1.43. The van der Waals surface area contributed by atoms with Crippen molar-refractivity contribution in [3.05, 3.63) is 47.6 Å². The molecule has 1 rings (SSSR count). The highest BCUT2D eigenvalue weighted by Gasteiger charge is 2.20. The van der Waals surface area contributed by atoms with Gasteiger partial charge in [-0.3, -0.25) is 0 Å². The molecule has 0 aromatic rings. The second-order valence-electron chi connectivity index (χ2n) is 2.39. The minimum atomic E-state index is -0.376. The van der Waals surface area contributed by atoms with E-state index in [9.17, 15) is 4.79 Å². The Morgan fingerprint density at radius 1 is 1.69 bits per heavy atom. The van der Waals surface area contributed by atoms with Crippen molar-refractivity contribution in [1.82, 2.24) is 0 Å². The highest BCUT2D eigenvalue weighted by molar-refractivity contribution is 8.02. The van der Waals surface area contributed by atoms with Crippen LogP contribution in [0.25, 0.3) is 0 Å². The lowest BCUT2D eigenvalue weighted by Gasteiger charge is -2.02. The van der Waals surface area contributed by atoms with Gasteiger partial charge in [0.05, 0.1) is 5.57 Å².